The van der Waals surface area contributed by atoms with Gasteiger partial charge in [-0.25, -0.2) is 0 Å². The lowest BCUT2D eigenvalue weighted by Crippen LogP contribution is -2.37. The fourth-order valence-corrected chi connectivity index (χ4v) is 3.42. The summed E-state index contributed by atoms with van der Waals surface area (Å²) in [5, 5.41) is 2.63. The van der Waals surface area contributed by atoms with Crippen LogP contribution < -0.4 is 15.0 Å². The highest BCUT2D eigenvalue weighted by molar-refractivity contribution is 6.32. The van der Waals surface area contributed by atoms with Crippen molar-refractivity contribution >= 4 is 29.1 Å². The molecule has 0 saturated carbocycles. The molecular formula is C20H15ClF6N2O3. The Labute approximate surface area is 182 Å². The Kier molecular flexibility index (Phi) is 6.32. The summed E-state index contributed by atoms with van der Waals surface area (Å²) in [5.74, 6) is -1.26. The highest BCUT2D eigenvalue weighted by Gasteiger charge is 2.38. The Morgan fingerprint density at radius 2 is 1.66 bits per heavy atom. The molecule has 1 aliphatic rings. The first-order valence-corrected chi connectivity index (χ1v) is 9.41. The smallest absolute Gasteiger partial charge is 0.416 e. The van der Waals surface area contributed by atoms with Crippen molar-refractivity contribution in [3.63, 3.8) is 0 Å². The molecule has 5 nitrogen and oxygen atoms in total. The van der Waals surface area contributed by atoms with E-state index in [0.29, 0.717) is 28.6 Å². The molecule has 1 saturated heterocycles. The fourth-order valence-electron chi connectivity index (χ4n) is 3.22. The van der Waals surface area contributed by atoms with Gasteiger partial charge in [0.25, 0.3) is 5.91 Å². The number of carbonyl (C=O) groups is 2. The van der Waals surface area contributed by atoms with Crippen LogP contribution in [-0.2, 0) is 17.1 Å². The molecule has 1 heterocycles. The molecule has 1 unspecified atom stereocenters. The Hall–Kier alpha value is -2.95. The van der Waals surface area contributed by atoms with Crippen molar-refractivity contribution in [3.05, 3.63) is 58.1 Å². The molecular weight excluding hydrogens is 466 g/mol. The number of anilines is 1. The number of rotatable bonds is 4. The summed E-state index contributed by atoms with van der Waals surface area (Å²) in [4.78, 5) is 26.1. The van der Waals surface area contributed by atoms with Gasteiger partial charge in [0.05, 0.1) is 29.3 Å². The molecule has 0 aliphatic carbocycles. The standard InChI is InChI=1S/C20H15ClF6N2O3/c1-32-16-8-14(2-3-15(16)21)29-9-13(7-17(29)30)28-18(31)10-4-11(19(22,23)24)6-12(5-10)20(25,26)27/h2-6,8,13H,7,9H2,1H3,(H,28,31). The largest absolute Gasteiger partial charge is 0.495 e. The number of hydrogen-bond acceptors (Lipinski definition) is 3. The van der Waals surface area contributed by atoms with E-state index in [1.54, 1.807) is 0 Å². The van der Waals surface area contributed by atoms with Crippen molar-refractivity contribution in [1.82, 2.24) is 5.32 Å². The van der Waals surface area contributed by atoms with Crippen LogP contribution in [-0.4, -0.2) is 31.5 Å². The number of alkyl halides is 6. The Morgan fingerprint density at radius 3 is 2.19 bits per heavy atom. The van der Waals surface area contributed by atoms with Gasteiger partial charge in [-0.1, -0.05) is 11.6 Å². The van der Waals surface area contributed by atoms with Crippen molar-refractivity contribution in [2.45, 2.75) is 24.8 Å². The number of nitrogens with zero attached hydrogens (tertiary/aromatic N) is 1. The summed E-state index contributed by atoms with van der Waals surface area (Å²) >= 11 is 5.95. The van der Waals surface area contributed by atoms with Gasteiger partial charge in [-0.05, 0) is 30.3 Å². The summed E-state index contributed by atoms with van der Waals surface area (Å²) in [6.07, 6.45) is -10.4. The third kappa shape index (κ3) is 5.09. The van der Waals surface area contributed by atoms with Gasteiger partial charge in [-0.2, -0.15) is 26.3 Å². The molecule has 0 aromatic heterocycles. The Balaban J connectivity index is 1.81. The highest BCUT2D eigenvalue weighted by Crippen LogP contribution is 2.36. The number of benzene rings is 2. The average molecular weight is 481 g/mol. The molecule has 172 valence electrons. The first kappa shape index (κ1) is 23.7. The number of nitrogens with one attached hydrogen (secondary N) is 1. The van der Waals surface area contributed by atoms with E-state index in [9.17, 15) is 35.9 Å². The van der Waals surface area contributed by atoms with Gasteiger partial charge in [-0.3, -0.25) is 9.59 Å². The molecule has 1 atom stereocenters. The van der Waals surface area contributed by atoms with Crippen LogP contribution in [0.25, 0.3) is 0 Å². The van der Waals surface area contributed by atoms with E-state index in [-0.39, 0.29) is 19.0 Å². The van der Waals surface area contributed by atoms with Gasteiger partial charge < -0.3 is 15.0 Å². The van der Waals surface area contributed by atoms with Crippen LogP contribution in [0.2, 0.25) is 5.02 Å². The quantitative estimate of drug-likeness (QED) is 0.632. The van der Waals surface area contributed by atoms with E-state index in [2.05, 4.69) is 5.32 Å². The zero-order valence-corrected chi connectivity index (χ0v) is 17.0. The lowest BCUT2D eigenvalue weighted by Gasteiger charge is -2.19. The second kappa shape index (κ2) is 8.53. The lowest BCUT2D eigenvalue weighted by molar-refractivity contribution is -0.143. The summed E-state index contributed by atoms with van der Waals surface area (Å²) in [5.41, 5.74) is -3.61. The van der Waals surface area contributed by atoms with Crippen LogP contribution in [0, 0.1) is 0 Å². The minimum Gasteiger partial charge on any atom is -0.495 e. The third-order valence-electron chi connectivity index (χ3n) is 4.76. The summed E-state index contributed by atoms with van der Waals surface area (Å²) in [6, 6.07) is 4.30. The summed E-state index contributed by atoms with van der Waals surface area (Å²) in [6.45, 7) is -0.0412. The van der Waals surface area contributed by atoms with Crippen molar-refractivity contribution in [2.75, 3.05) is 18.6 Å². The maximum Gasteiger partial charge on any atom is 0.416 e. The first-order chi connectivity index (χ1) is 14.8. The molecule has 2 aromatic rings. The normalized spacial score (nSPS) is 16.9. The van der Waals surface area contributed by atoms with E-state index in [0.717, 1.165) is 0 Å². The predicted molar refractivity (Wildman–Crippen MR) is 103 cm³/mol. The minimum atomic E-state index is -5.08. The maximum atomic E-state index is 13.0. The van der Waals surface area contributed by atoms with Gasteiger partial charge in [0.15, 0.2) is 0 Å². The van der Waals surface area contributed by atoms with E-state index < -0.39 is 46.9 Å². The number of carbonyl (C=O) groups excluding carboxylic acids is 2. The second-order valence-corrected chi connectivity index (χ2v) is 7.40. The fraction of sp³-hybridized carbons (Fsp3) is 0.300. The van der Waals surface area contributed by atoms with Crippen LogP contribution in [0.15, 0.2) is 36.4 Å². The molecule has 0 spiro atoms. The summed E-state index contributed by atoms with van der Waals surface area (Å²) in [7, 11) is 1.38. The molecule has 3 rings (SSSR count). The van der Waals surface area contributed by atoms with Gasteiger partial charge in [0.1, 0.15) is 5.75 Å². The third-order valence-corrected chi connectivity index (χ3v) is 5.07. The molecule has 1 fully saturated rings. The topological polar surface area (TPSA) is 58.6 Å². The second-order valence-electron chi connectivity index (χ2n) is 6.99. The van der Waals surface area contributed by atoms with Crippen LogP contribution in [0.3, 0.4) is 0 Å². The molecule has 0 bridgehead atoms. The monoisotopic (exact) mass is 480 g/mol. The molecule has 1 aliphatic heterocycles. The van der Waals surface area contributed by atoms with Crippen LogP contribution in [0.4, 0.5) is 32.0 Å². The van der Waals surface area contributed by atoms with Gasteiger partial charge in [0.2, 0.25) is 5.91 Å². The average Bonchev–Trinajstić information content (AvgIpc) is 3.06. The molecule has 1 N–H and O–H groups in total. The lowest BCUT2D eigenvalue weighted by atomic mass is 10.0. The number of halogens is 7. The number of methoxy groups -OCH3 is 1. The van der Waals surface area contributed by atoms with E-state index >= 15 is 0 Å². The molecule has 2 amide bonds. The highest BCUT2D eigenvalue weighted by atomic mass is 35.5. The number of hydrogen-bond donors (Lipinski definition) is 1. The predicted octanol–water partition coefficient (Wildman–Crippen LogP) is 4.92. The van der Waals surface area contributed by atoms with Gasteiger partial charge in [-0.15, -0.1) is 0 Å². The van der Waals surface area contributed by atoms with Crippen molar-refractivity contribution in [1.29, 1.82) is 0 Å². The van der Waals surface area contributed by atoms with E-state index in [1.165, 1.54) is 30.2 Å². The molecule has 12 heteroatoms. The Bertz CT molecular complexity index is 1020. The van der Waals surface area contributed by atoms with Crippen LogP contribution >= 0.6 is 11.6 Å². The maximum absolute atomic E-state index is 13.0. The van der Waals surface area contributed by atoms with E-state index in [4.69, 9.17) is 16.3 Å². The van der Waals surface area contributed by atoms with Gasteiger partial charge >= 0.3 is 12.4 Å². The molecule has 32 heavy (non-hydrogen) atoms. The Morgan fingerprint density at radius 1 is 1.06 bits per heavy atom. The SMILES string of the molecule is COc1cc(N2CC(NC(=O)c3cc(C(F)(F)F)cc(C(F)(F)F)c3)CC2=O)ccc1Cl. The zero-order valence-electron chi connectivity index (χ0n) is 16.3. The van der Waals surface area contributed by atoms with E-state index in [1.807, 2.05) is 0 Å². The van der Waals surface area contributed by atoms with Crippen LogP contribution in [0.1, 0.15) is 27.9 Å². The van der Waals surface area contributed by atoms with Gasteiger partial charge in [0, 0.05) is 30.3 Å². The van der Waals surface area contributed by atoms with Crippen molar-refractivity contribution in [3.8, 4) is 5.75 Å². The first-order valence-electron chi connectivity index (χ1n) is 9.04. The number of amides is 2. The van der Waals surface area contributed by atoms with Crippen molar-refractivity contribution < 1.29 is 40.7 Å². The molecule has 0 radical (unpaired) electrons. The van der Waals surface area contributed by atoms with Crippen molar-refractivity contribution in [2.24, 2.45) is 0 Å². The minimum absolute atomic E-state index is 0.0412. The van der Waals surface area contributed by atoms with Crippen LogP contribution in [0.5, 0.6) is 5.75 Å². The summed E-state index contributed by atoms with van der Waals surface area (Å²) < 4.78 is 83.2. The number of ether oxygens (including phenoxy) is 1. The zero-order chi connectivity index (χ0) is 23.8. The molecule has 2 aromatic carbocycles.